The largest absolute Gasteiger partial charge is 0.481 e. The first-order chi connectivity index (χ1) is 9.06. The van der Waals surface area contributed by atoms with E-state index < -0.39 is 10.9 Å². The molecule has 7 nitrogen and oxygen atoms in total. The van der Waals surface area contributed by atoms with Gasteiger partial charge in [0.05, 0.1) is 16.9 Å². The molecule has 2 N–H and O–H groups in total. The Kier molecular flexibility index (Phi) is 3.94. The quantitative estimate of drug-likeness (QED) is 0.637. The number of aromatic nitrogens is 1. The number of hydrogen-bond acceptors (Lipinski definition) is 5. The van der Waals surface area contributed by atoms with Crippen LogP contribution in [0.15, 0.2) is 18.3 Å². The third-order valence-corrected chi connectivity index (χ3v) is 3.38. The lowest BCUT2D eigenvalue weighted by atomic mass is 9.86. The van der Waals surface area contributed by atoms with E-state index in [1.54, 1.807) is 0 Å². The molecule has 0 unspecified atom stereocenters. The van der Waals surface area contributed by atoms with E-state index in [1.807, 2.05) is 0 Å². The van der Waals surface area contributed by atoms with Gasteiger partial charge in [-0.3, -0.25) is 14.9 Å². The van der Waals surface area contributed by atoms with Gasteiger partial charge in [-0.05, 0) is 25.7 Å². The summed E-state index contributed by atoms with van der Waals surface area (Å²) in [6.45, 7) is 0. The van der Waals surface area contributed by atoms with E-state index in [0.717, 1.165) is 12.8 Å². The Morgan fingerprint density at radius 1 is 1.42 bits per heavy atom. The number of carbonyl (C=O) groups is 1. The van der Waals surface area contributed by atoms with Gasteiger partial charge in [0.25, 0.3) is 5.69 Å². The lowest BCUT2D eigenvalue weighted by Gasteiger charge is -2.27. The molecule has 19 heavy (non-hydrogen) atoms. The number of nitrogens with one attached hydrogen (secondary N) is 1. The third kappa shape index (κ3) is 3.40. The van der Waals surface area contributed by atoms with Crippen LogP contribution in [0.3, 0.4) is 0 Å². The summed E-state index contributed by atoms with van der Waals surface area (Å²) < 4.78 is 0. The van der Waals surface area contributed by atoms with Crippen LogP contribution in [0.1, 0.15) is 25.7 Å². The summed E-state index contributed by atoms with van der Waals surface area (Å²) in [6, 6.07) is 2.86. The highest BCUT2D eigenvalue weighted by Crippen LogP contribution is 2.27. The summed E-state index contributed by atoms with van der Waals surface area (Å²) in [6.07, 6.45) is 4.12. The summed E-state index contributed by atoms with van der Waals surface area (Å²) in [5.41, 5.74) is -0.00304. The molecule has 2 rings (SSSR count). The second-order valence-electron chi connectivity index (χ2n) is 4.69. The fourth-order valence-electron chi connectivity index (χ4n) is 2.31. The Hall–Kier alpha value is -2.18. The molecule has 1 aliphatic rings. The number of pyridine rings is 1. The fourth-order valence-corrected chi connectivity index (χ4v) is 2.31. The minimum atomic E-state index is -0.744. The van der Waals surface area contributed by atoms with Gasteiger partial charge in [-0.15, -0.1) is 0 Å². The lowest BCUT2D eigenvalue weighted by molar-refractivity contribution is -0.384. The molecule has 0 spiro atoms. The van der Waals surface area contributed by atoms with Crippen molar-refractivity contribution in [1.29, 1.82) is 0 Å². The molecule has 0 amide bonds. The topological polar surface area (TPSA) is 105 Å². The van der Waals surface area contributed by atoms with Gasteiger partial charge >= 0.3 is 5.97 Å². The molecule has 1 aromatic rings. The molecule has 1 saturated carbocycles. The van der Waals surface area contributed by atoms with E-state index in [4.69, 9.17) is 5.11 Å². The van der Waals surface area contributed by atoms with Crippen molar-refractivity contribution in [3.63, 3.8) is 0 Å². The average Bonchev–Trinajstić information content (AvgIpc) is 2.39. The van der Waals surface area contributed by atoms with Gasteiger partial charge in [-0.2, -0.15) is 0 Å². The van der Waals surface area contributed by atoms with E-state index in [1.165, 1.54) is 18.3 Å². The van der Waals surface area contributed by atoms with E-state index in [2.05, 4.69) is 10.3 Å². The van der Waals surface area contributed by atoms with Crippen LogP contribution in [-0.4, -0.2) is 27.0 Å². The lowest BCUT2D eigenvalue weighted by Crippen LogP contribution is -2.29. The molecule has 0 aliphatic heterocycles. The molecule has 102 valence electrons. The van der Waals surface area contributed by atoms with Crippen LogP contribution >= 0.6 is 0 Å². The molecule has 0 bridgehead atoms. The Balaban J connectivity index is 1.94. The van der Waals surface area contributed by atoms with Gasteiger partial charge in [0.2, 0.25) is 0 Å². The van der Waals surface area contributed by atoms with Crippen LogP contribution < -0.4 is 5.32 Å². The number of carboxylic acid groups (broad SMARTS) is 1. The molecule has 0 saturated heterocycles. The van der Waals surface area contributed by atoms with Crippen molar-refractivity contribution >= 4 is 17.5 Å². The molecule has 0 radical (unpaired) electrons. The van der Waals surface area contributed by atoms with E-state index in [-0.39, 0.29) is 17.6 Å². The zero-order valence-electron chi connectivity index (χ0n) is 10.3. The molecule has 1 heterocycles. The van der Waals surface area contributed by atoms with Crippen molar-refractivity contribution in [1.82, 2.24) is 4.98 Å². The second kappa shape index (κ2) is 5.64. The highest BCUT2D eigenvalue weighted by molar-refractivity contribution is 5.70. The predicted molar refractivity (Wildman–Crippen MR) is 67.9 cm³/mol. The van der Waals surface area contributed by atoms with Gasteiger partial charge in [-0.1, -0.05) is 0 Å². The van der Waals surface area contributed by atoms with Crippen LogP contribution in [0.5, 0.6) is 0 Å². The molecule has 1 aliphatic carbocycles. The Labute approximate surface area is 109 Å². The molecule has 0 aromatic carbocycles. The van der Waals surface area contributed by atoms with Crippen LogP contribution in [0.25, 0.3) is 0 Å². The zero-order valence-corrected chi connectivity index (χ0v) is 10.3. The summed E-state index contributed by atoms with van der Waals surface area (Å²) in [5.74, 6) is -0.545. The zero-order chi connectivity index (χ0) is 13.8. The maximum atomic E-state index is 10.8. The average molecular weight is 265 g/mol. The maximum Gasteiger partial charge on any atom is 0.306 e. The number of hydrogen-bond donors (Lipinski definition) is 2. The van der Waals surface area contributed by atoms with Crippen LogP contribution in [0, 0.1) is 16.0 Å². The number of nitro groups is 1. The number of aliphatic carboxylic acids is 1. The SMILES string of the molecule is O=C(O)C1CCC(Nc2cc([N+](=O)[O-])ccn2)CC1. The fraction of sp³-hybridized carbons (Fsp3) is 0.500. The summed E-state index contributed by atoms with van der Waals surface area (Å²) in [5, 5.41) is 22.7. The first kappa shape index (κ1) is 13.3. The number of carboxylic acids is 1. The number of anilines is 1. The van der Waals surface area contributed by atoms with Gasteiger partial charge < -0.3 is 10.4 Å². The van der Waals surface area contributed by atoms with Gasteiger partial charge in [0, 0.05) is 18.3 Å². The third-order valence-electron chi connectivity index (χ3n) is 3.38. The predicted octanol–water partition coefficient (Wildman–Crippen LogP) is 2.05. The monoisotopic (exact) mass is 265 g/mol. The highest BCUT2D eigenvalue weighted by Gasteiger charge is 2.26. The Bertz CT molecular complexity index is 484. The van der Waals surface area contributed by atoms with Gasteiger partial charge in [0.1, 0.15) is 5.82 Å². The highest BCUT2D eigenvalue weighted by atomic mass is 16.6. The van der Waals surface area contributed by atoms with Crippen molar-refractivity contribution < 1.29 is 14.8 Å². The molecular formula is C12H15N3O4. The van der Waals surface area contributed by atoms with Crippen molar-refractivity contribution in [2.24, 2.45) is 5.92 Å². The van der Waals surface area contributed by atoms with Gasteiger partial charge in [-0.25, -0.2) is 4.98 Å². The normalized spacial score (nSPS) is 22.7. The van der Waals surface area contributed by atoms with Crippen molar-refractivity contribution in [2.45, 2.75) is 31.7 Å². The minimum absolute atomic E-state index is 0.00304. The van der Waals surface area contributed by atoms with E-state index >= 15 is 0 Å². The summed E-state index contributed by atoms with van der Waals surface area (Å²) in [4.78, 5) is 25.1. The van der Waals surface area contributed by atoms with E-state index in [9.17, 15) is 14.9 Å². The van der Waals surface area contributed by atoms with E-state index in [0.29, 0.717) is 18.7 Å². The first-order valence-electron chi connectivity index (χ1n) is 6.16. The molecule has 1 fully saturated rings. The van der Waals surface area contributed by atoms with Crippen molar-refractivity contribution in [3.05, 3.63) is 28.4 Å². The Morgan fingerprint density at radius 3 is 2.68 bits per heavy atom. The van der Waals surface area contributed by atoms with Crippen molar-refractivity contribution in [2.75, 3.05) is 5.32 Å². The standard InChI is InChI=1S/C12H15N3O4/c16-12(17)8-1-3-9(4-2-8)14-11-7-10(15(18)19)5-6-13-11/h5-9H,1-4H2,(H,13,14)(H,16,17). The second-order valence-corrected chi connectivity index (χ2v) is 4.69. The molecule has 7 heteroatoms. The first-order valence-corrected chi connectivity index (χ1v) is 6.16. The van der Waals surface area contributed by atoms with Crippen LogP contribution in [-0.2, 0) is 4.79 Å². The number of nitrogens with zero attached hydrogens (tertiary/aromatic N) is 2. The minimum Gasteiger partial charge on any atom is -0.481 e. The van der Waals surface area contributed by atoms with Crippen molar-refractivity contribution in [3.8, 4) is 0 Å². The maximum absolute atomic E-state index is 10.8. The molecular weight excluding hydrogens is 250 g/mol. The summed E-state index contributed by atoms with van der Waals surface area (Å²) in [7, 11) is 0. The Morgan fingerprint density at radius 2 is 2.11 bits per heavy atom. The van der Waals surface area contributed by atoms with Crippen LogP contribution in [0.4, 0.5) is 11.5 Å². The molecule has 1 aromatic heterocycles. The molecule has 0 atom stereocenters. The number of rotatable bonds is 4. The van der Waals surface area contributed by atoms with Crippen LogP contribution in [0.2, 0.25) is 0 Å². The smallest absolute Gasteiger partial charge is 0.306 e. The summed E-state index contributed by atoms with van der Waals surface area (Å²) >= 11 is 0. The van der Waals surface area contributed by atoms with Gasteiger partial charge in [0.15, 0.2) is 0 Å².